The van der Waals surface area contributed by atoms with Crippen LogP contribution < -0.4 is 0 Å². The van der Waals surface area contributed by atoms with Crippen LogP contribution in [0.2, 0.25) is 5.02 Å². The Labute approximate surface area is 164 Å². The number of amides is 1. The summed E-state index contributed by atoms with van der Waals surface area (Å²) in [6, 6.07) is 4.39. The van der Waals surface area contributed by atoms with Crippen molar-refractivity contribution in [2.45, 2.75) is 76.0 Å². The van der Waals surface area contributed by atoms with E-state index in [9.17, 15) is 9.90 Å². The molecule has 1 aromatic carbocycles. The molecule has 4 fully saturated rings. The lowest BCUT2D eigenvalue weighted by atomic mass is 9.61. The van der Waals surface area contributed by atoms with Gasteiger partial charge in [-0.15, -0.1) is 0 Å². The quantitative estimate of drug-likeness (QED) is 0.814. The second-order valence-corrected chi connectivity index (χ2v) is 9.63. The molecule has 27 heavy (non-hydrogen) atoms. The topological polar surface area (TPSA) is 56.3 Å². The van der Waals surface area contributed by atoms with Crippen LogP contribution in [0.4, 0.5) is 0 Å². The van der Waals surface area contributed by atoms with Gasteiger partial charge in [0.1, 0.15) is 0 Å². The number of hydrogen-bond donors (Lipinski definition) is 2. The first-order valence-corrected chi connectivity index (χ1v) is 10.5. The van der Waals surface area contributed by atoms with Gasteiger partial charge in [-0.3, -0.25) is 4.79 Å². The van der Waals surface area contributed by atoms with Crippen LogP contribution in [-0.4, -0.2) is 38.6 Å². The Morgan fingerprint density at radius 3 is 2.70 bits per heavy atom. The van der Waals surface area contributed by atoms with E-state index >= 15 is 0 Å². The van der Waals surface area contributed by atoms with Crippen LogP contribution >= 0.6 is 11.6 Å². The molecule has 0 radical (unpaired) electrons. The molecular formula is C22H27ClN2O2. The van der Waals surface area contributed by atoms with Gasteiger partial charge in [0.2, 0.25) is 5.91 Å². The Morgan fingerprint density at radius 2 is 2.04 bits per heavy atom. The largest absolute Gasteiger partial charge is 0.390 e. The fraction of sp³-hybridized carbons (Fsp3) is 0.591. The number of aryl methyl sites for hydroxylation is 1. The van der Waals surface area contributed by atoms with Gasteiger partial charge in [0.15, 0.2) is 0 Å². The Morgan fingerprint density at radius 1 is 1.33 bits per heavy atom. The maximum atomic E-state index is 13.2. The number of aromatic amines is 1. The SMILES string of the molecule is Cc1c(Cl)ccc2[nH]cc(C(C)CC(=O)N3C4CC5CC3CC(O)(C5)C4)c12. The molecule has 3 unspecified atom stereocenters. The Bertz CT molecular complexity index is 904. The zero-order valence-corrected chi connectivity index (χ0v) is 16.7. The lowest BCUT2D eigenvalue weighted by Crippen LogP contribution is -2.65. The second kappa shape index (κ2) is 5.99. The normalized spacial score (nSPS) is 33.0. The average molecular weight is 387 g/mol. The summed E-state index contributed by atoms with van der Waals surface area (Å²) in [6.07, 6.45) is 7.15. The van der Waals surface area contributed by atoms with Crippen LogP contribution in [0.25, 0.3) is 10.9 Å². The number of benzene rings is 1. The zero-order valence-electron chi connectivity index (χ0n) is 16.0. The number of carbonyl (C=O) groups is 1. The minimum Gasteiger partial charge on any atom is -0.390 e. The number of rotatable bonds is 3. The summed E-state index contributed by atoms with van der Waals surface area (Å²) in [5, 5.41) is 12.7. The maximum absolute atomic E-state index is 13.2. The number of nitrogens with zero attached hydrogens (tertiary/aromatic N) is 1. The molecule has 4 aliphatic rings. The first-order valence-electron chi connectivity index (χ1n) is 10.1. The van der Waals surface area contributed by atoms with Crippen LogP contribution in [0, 0.1) is 12.8 Å². The van der Waals surface area contributed by atoms with Crippen LogP contribution in [-0.2, 0) is 4.79 Å². The van der Waals surface area contributed by atoms with Crippen molar-refractivity contribution < 1.29 is 9.90 Å². The molecule has 2 aliphatic heterocycles. The second-order valence-electron chi connectivity index (χ2n) is 9.23. The van der Waals surface area contributed by atoms with Gasteiger partial charge in [-0.1, -0.05) is 18.5 Å². The van der Waals surface area contributed by atoms with Gasteiger partial charge in [0.25, 0.3) is 0 Å². The highest BCUT2D eigenvalue weighted by Crippen LogP contribution is 2.51. The molecule has 3 atom stereocenters. The molecule has 3 heterocycles. The van der Waals surface area contributed by atoms with Crippen molar-refractivity contribution in [1.82, 2.24) is 9.88 Å². The van der Waals surface area contributed by atoms with Gasteiger partial charge in [0.05, 0.1) is 5.60 Å². The van der Waals surface area contributed by atoms with Crippen LogP contribution in [0.15, 0.2) is 18.3 Å². The monoisotopic (exact) mass is 386 g/mol. The van der Waals surface area contributed by atoms with E-state index in [1.165, 1.54) is 5.56 Å². The van der Waals surface area contributed by atoms with E-state index in [0.717, 1.165) is 53.6 Å². The van der Waals surface area contributed by atoms with E-state index in [4.69, 9.17) is 11.6 Å². The third kappa shape index (κ3) is 2.72. The average Bonchev–Trinajstić information content (AvgIpc) is 3.01. The van der Waals surface area contributed by atoms with Crippen LogP contribution in [0.5, 0.6) is 0 Å². The highest BCUT2D eigenvalue weighted by Gasteiger charge is 2.54. The van der Waals surface area contributed by atoms with E-state index < -0.39 is 5.60 Å². The zero-order chi connectivity index (χ0) is 18.9. The van der Waals surface area contributed by atoms with E-state index in [1.54, 1.807) is 0 Å². The Balaban J connectivity index is 1.38. The highest BCUT2D eigenvalue weighted by atomic mass is 35.5. The van der Waals surface area contributed by atoms with E-state index in [2.05, 4.69) is 16.8 Å². The fourth-order valence-corrected chi connectivity index (χ4v) is 6.42. The van der Waals surface area contributed by atoms with E-state index in [1.807, 2.05) is 25.3 Å². The molecule has 2 aliphatic carbocycles. The number of aliphatic hydroxyl groups is 1. The van der Waals surface area contributed by atoms with Crippen molar-refractivity contribution in [2.75, 3.05) is 0 Å². The van der Waals surface area contributed by atoms with Crippen LogP contribution in [0.3, 0.4) is 0 Å². The van der Waals surface area contributed by atoms with Gasteiger partial charge >= 0.3 is 0 Å². The van der Waals surface area contributed by atoms with Crippen molar-refractivity contribution in [3.05, 3.63) is 34.5 Å². The molecule has 4 nitrogen and oxygen atoms in total. The summed E-state index contributed by atoms with van der Waals surface area (Å²) in [4.78, 5) is 18.7. The third-order valence-electron chi connectivity index (χ3n) is 7.27. The first-order chi connectivity index (χ1) is 12.8. The lowest BCUT2D eigenvalue weighted by Gasteiger charge is -2.59. The third-order valence-corrected chi connectivity index (χ3v) is 7.68. The summed E-state index contributed by atoms with van der Waals surface area (Å²) in [5.74, 6) is 0.977. The number of carbonyl (C=O) groups excluding carboxylic acids is 1. The minimum atomic E-state index is -0.510. The fourth-order valence-electron chi connectivity index (χ4n) is 6.27. The summed E-state index contributed by atoms with van der Waals surface area (Å²) in [5.41, 5.74) is 2.80. The predicted octanol–water partition coefficient (Wildman–Crippen LogP) is 4.53. The molecule has 2 saturated carbocycles. The highest BCUT2D eigenvalue weighted by molar-refractivity contribution is 6.32. The maximum Gasteiger partial charge on any atom is 0.223 e. The molecule has 1 aromatic heterocycles. The molecule has 1 amide bonds. The molecule has 2 N–H and O–H groups in total. The number of piperidine rings is 2. The van der Waals surface area contributed by atoms with Gasteiger partial charge in [0, 0.05) is 40.6 Å². The minimum absolute atomic E-state index is 0.128. The van der Waals surface area contributed by atoms with Crippen molar-refractivity contribution in [3.63, 3.8) is 0 Å². The van der Waals surface area contributed by atoms with Gasteiger partial charge < -0.3 is 15.0 Å². The Hall–Kier alpha value is -1.52. The number of H-pyrrole nitrogens is 1. The van der Waals surface area contributed by atoms with Crippen molar-refractivity contribution in [2.24, 2.45) is 5.92 Å². The first kappa shape index (κ1) is 17.6. The van der Waals surface area contributed by atoms with Gasteiger partial charge in [-0.05, 0) is 74.1 Å². The molecule has 144 valence electrons. The Kier molecular flexibility index (Phi) is 3.90. The summed E-state index contributed by atoms with van der Waals surface area (Å²) in [6.45, 7) is 4.17. The summed E-state index contributed by atoms with van der Waals surface area (Å²) >= 11 is 6.33. The summed E-state index contributed by atoms with van der Waals surface area (Å²) < 4.78 is 0. The van der Waals surface area contributed by atoms with Crippen molar-refractivity contribution in [3.8, 4) is 0 Å². The van der Waals surface area contributed by atoms with E-state index in [-0.39, 0.29) is 23.9 Å². The molecular weight excluding hydrogens is 360 g/mol. The summed E-state index contributed by atoms with van der Waals surface area (Å²) in [7, 11) is 0. The van der Waals surface area contributed by atoms with Crippen molar-refractivity contribution >= 4 is 28.4 Å². The number of nitrogens with one attached hydrogen (secondary N) is 1. The predicted molar refractivity (Wildman–Crippen MR) is 107 cm³/mol. The standard InChI is InChI=1S/C22H27ClN2O2/c1-12(17-11-24-19-4-3-18(23)13(2)21(17)19)5-20(26)25-15-6-14-7-16(25)10-22(27,8-14)9-15/h3-4,11-12,14-16,24,27H,5-10H2,1-2H3. The number of fused-ring (bicyclic) bond motifs is 1. The lowest BCUT2D eigenvalue weighted by molar-refractivity contribution is -0.174. The van der Waals surface area contributed by atoms with E-state index in [0.29, 0.717) is 12.3 Å². The molecule has 5 heteroatoms. The van der Waals surface area contributed by atoms with Gasteiger partial charge in [-0.25, -0.2) is 0 Å². The smallest absolute Gasteiger partial charge is 0.223 e. The number of halogens is 1. The number of aromatic nitrogens is 1. The molecule has 6 rings (SSSR count). The number of hydrogen-bond acceptors (Lipinski definition) is 2. The molecule has 2 saturated heterocycles. The van der Waals surface area contributed by atoms with Crippen molar-refractivity contribution in [1.29, 1.82) is 0 Å². The molecule has 2 aromatic rings. The molecule has 4 bridgehead atoms. The van der Waals surface area contributed by atoms with Gasteiger partial charge in [-0.2, -0.15) is 0 Å². The van der Waals surface area contributed by atoms with Crippen LogP contribution in [0.1, 0.15) is 62.5 Å². The molecule has 0 spiro atoms.